The third-order valence-electron chi connectivity index (χ3n) is 3.01. The second kappa shape index (κ2) is 5.91. The molecular weight excluding hydrogens is 273 g/mol. The molecule has 0 fully saturated rings. The van der Waals surface area contributed by atoms with E-state index in [1.54, 1.807) is 19.1 Å². The Labute approximate surface area is 123 Å². The molecule has 21 heavy (non-hydrogen) atoms. The summed E-state index contributed by atoms with van der Waals surface area (Å²) in [5, 5.41) is 3.86. The number of nitrogens with two attached hydrogens (primary N) is 1. The Kier molecular flexibility index (Phi) is 4.39. The zero-order valence-corrected chi connectivity index (χ0v) is 12.7. The summed E-state index contributed by atoms with van der Waals surface area (Å²) >= 11 is 0. The van der Waals surface area contributed by atoms with Crippen LogP contribution in [0.1, 0.15) is 32.2 Å². The Bertz CT molecular complexity index is 623. The molecule has 1 heterocycles. The van der Waals surface area contributed by atoms with E-state index in [2.05, 4.69) is 10.1 Å². The number of nitrogens with zero attached hydrogens (tertiary/aromatic N) is 2. The van der Waals surface area contributed by atoms with Crippen molar-refractivity contribution in [3.05, 3.63) is 35.4 Å². The summed E-state index contributed by atoms with van der Waals surface area (Å²) in [6, 6.07) is 4.71. The lowest BCUT2D eigenvalue weighted by Crippen LogP contribution is -2.40. The quantitative estimate of drug-likeness (QED) is 0.917. The van der Waals surface area contributed by atoms with Crippen molar-refractivity contribution in [2.45, 2.75) is 39.3 Å². The summed E-state index contributed by atoms with van der Waals surface area (Å²) in [5.41, 5.74) is 6.43. The monoisotopic (exact) mass is 293 g/mol. The molecule has 2 aromatic rings. The molecule has 2 N–H and O–H groups in total. The van der Waals surface area contributed by atoms with Gasteiger partial charge in [0.1, 0.15) is 11.4 Å². The SMILES string of the molecule is Cc1ccc(F)c(-c2nc(C(C)(N)COC(C)C)no2)c1. The van der Waals surface area contributed by atoms with Crippen LogP contribution in [0.4, 0.5) is 4.39 Å². The van der Waals surface area contributed by atoms with Gasteiger partial charge < -0.3 is 15.0 Å². The van der Waals surface area contributed by atoms with E-state index in [4.69, 9.17) is 15.0 Å². The van der Waals surface area contributed by atoms with Gasteiger partial charge in [0, 0.05) is 0 Å². The molecule has 114 valence electrons. The third kappa shape index (κ3) is 3.65. The summed E-state index contributed by atoms with van der Waals surface area (Å²) in [6.45, 7) is 7.69. The first-order valence-corrected chi connectivity index (χ1v) is 6.81. The molecule has 0 bridgehead atoms. The van der Waals surface area contributed by atoms with Crippen LogP contribution in [0.5, 0.6) is 0 Å². The van der Waals surface area contributed by atoms with E-state index in [1.165, 1.54) is 6.07 Å². The second-order valence-electron chi connectivity index (χ2n) is 5.68. The minimum atomic E-state index is -0.897. The maximum atomic E-state index is 13.8. The lowest BCUT2D eigenvalue weighted by Gasteiger charge is -2.21. The number of ether oxygens (including phenoxy) is 1. The Morgan fingerprint density at radius 3 is 2.81 bits per heavy atom. The smallest absolute Gasteiger partial charge is 0.260 e. The number of benzene rings is 1. The highest BCUT2D eigenvalue weighted by molar-refractivity contribution is 5.55. The molecule has 5 nitrogen and oxygen atoms in total. The molecule has 0 spiro atoms. The summed E-state index contributed by atoms with van der Waals surface area (Å²) in [6.07, 6.45) is 0.0495. The zero-order chi connectivity index (χ0) is 15.6. The maximum Gasteiger partial charge on any atom is 0.260 e. The van der Waals surface area contributed by atoms with Crippen LogP contribution >= 0.6 is 0 Å². The molecule has 6 heteroatoms. The van der Waals surface area contributed by atoms with Gasteiger partial charge in [-0.1, -0.05) is 16.8 Å². The summed E-state index contributed by atoms with van der Waals surface area (Å²) in [7, 11) is 0. The van der Waals surface area contributed by atoms with Crippen LogP contribution in [0.2, 0.25) is 0 Å². The van der Waals surface area contributed by atoms with Gasteiger partial charge in [-0.2, -0.15) is 4.98 Å². The standard InChI is InChI=1S/C15H20FN3O2/c1-9(2)20-8-15(4,17)14-18-13(21-19-14)11-7-10(3)5-6-12(11)16/h5-7,9H,8,17H2,1-4H3. The number of halogens is 1. The first kappa shape index (κ1) is 15.6. The van der Waals surface area contributed by atoms with Crippen LogP contribution in [0, 0.1) is 12.7 Å². The van der Waals surface area contributed by atoms with Crippen molar-refractivity contribution in [1.29, 1.82) is 0 Å². The zero-order valence-electron chi connectivity index (χ0n) is 12.7. The van der Waals surface area contributed by atoms with Crippen LogP contribution in [-0.4, -0.2) is 22.9 Å². The van der Waals surface area contributed by atoms with E-state index in [0.717, 1.165) is 5.56 Å². The van der Waals surface area contributed by atoms with E-state index in [-0.39, 0.29) is 24.2 Å². The predicted molar refractivity (Wildman–Crippen MR) is 77.1 cm³/mol. The van der Waals surface area contributed by atoms with Gasteiger partial charge in [-0.15, -0.1) is 0 Å². The summed E-state index contributed by atoms with van der Waals surface area (Å²) < 4.78 is 24.5. The van der Waals surface area contributed by atoms with E-state index in [9.17, 15) is 4.39 Å². The minimum Gasteiger partial charge on any atom is -0.376 e. The van der Waals surface area contributed by atoms with Gasteiger partial charge in [0.05, 0.1) is 18.3 Å². The maximum absolute atomic E-state index is 13.8. The number of hydrogen-bond donors (Lipinski definition) is 1. The minimum absolute atomic E-state index is 0.0495. The van der Waals surface area contributed by atoms with Gasteiger partial charge in [-0.05, 0) is 39.8 Å². The Balaban J connectivity index is 2.27. The van der Waals surface area contributed by atoms with Crippen molar-refractivity contribution in [2.24, 2.45) is 5.73 Å². The normalized spacial score (nSPS) is 14.4. The van der Waals surface area contributed by atoms with Crippen molar-refractivity contribution in [3.8, 4) is 11.5 Å². The second-order valence-corrected chi connectivity index (χ2v) is 5.68. The number of aryl methyl sites for hydroxylation is 1. The van der Waals surface area contributed by atoms with Crippen molar-refractivity contribution in [2.75, 3.05) is 6.61 Å². The molecule has 0 saturated carbocycles. The molecular formula is C15H20FN3O2. The number of rotatable bonds is 5. The average molecular weight is 293 g/mol. The molecule has 0 aliphatic carbocycles. The van der Waals surface area contributed by atoms with E-state index in [0.29, 0.717) is 5.82 Å². The fourth-order valence-electron chi connectivity index (χ4n) is 1.77. The molecule has 0 aliphatic rings. The predicted octanol–water partition coefficient (Wildman–Crippen LogP) is 2.78. The van der Waals surface area contributed by atoms with Gasteiger partial charge in [-0.25, -0.2) is 4.39 Å². The average Bonchev–Trinajstić information content (AvgIpc) is 2.90. The van der Waals surface area contributed by atoms with Crippen molar-refractivity contribution >= 4 is 0 Å². The molecule has 0 amide bonds. The van der Waals surface area contributed by atoms with E-state index in [1.807, 2.05) is 20.8 Å². The topological polar surface area (TPSA) is 74.2 Å². The fraction of sp³-hybridized carbons (Fsp3) is 0.467. The van der Waals surface area contributed by atoms with Crippen LogP contribution in [0.15, 0.2) is 22.7 Å². The van der Waals surface area contributed by atoms with Gasteiger partial charge in [0.15, 0.2) is 5.82 Å². The number of aromatic nitrogens is 2. The molecule has 0 radical (unpaired) electrons. The van der Waals surface area contributed by atoms with Crippen LogP contribution in [-0.2, 0) is 10.3 Å². The van der Waals surface area contributed by atoms with Gasteiger partial charge >= 0.3 is 0 Å². The molecule has 0 saturated heterocycles. The lowest BCUT2D eigenvalue weighted by atomic mass is 10.0. The Morgan fingerprint density at radius 2 is 2.14 bits per heavy atom. The van der Waals surface area contributed by atoms with Crippen LogP contribution in [0.3, 0.4) is 0 Å². The molecule has 1 aromatic carbocycles. The molecule has 2 rings (SSSR count). The van der Waals surface area contributed by atoms with Crippen molar-refractivity contribution in [3.63, 3.8) is 0 Å². The Morgan fingerprint density at radius 1 is 1.43 bits per heavy atom. The fourth-order valence-corrected chi connectivity index (χ4v) is 1.77. The molecule has 0 aliphatic heterocycles. The molecule has 1 aromatic heterocycles. The van der Waals surface area contributed by atoms with E-state index < -0.39 is 11.4 Å². The van der Waals surface area contributed by atoms with Crippen LogP contribution in [0.25, 0.3) is 11.5 Å². The summed E-state index contributed by atoms with van der Waals surface area (Å²) in [4.78, 5) is 4.21. The van der Waals surface area contributed by atoms with Crippen molar-refractivity contribution in [1.82, 2.24) is 10.1 Å². The third-order valence-corrected chi connectivity index (χ3v) is 3.01. The first-order valence-electron chi connectivity index (χ1n) is 6.81. The Hall–Kier alpha value is -1.79. The van der Waals surface area contributed by atoms with Gasteiger partial charge in [0.25, 0.3) is 5.89 Å². The largest absolute Gasteiger partial charge is 0.376 e. The van der Waals surface area contributed by atoms with Gasteiger partial charge in [0.2, 0.25) is 0 Å². The van der Waals surface area contributed by atoms with Crippen molar-refractivity contribution < 1.29 is 13.7 Å². The molecule has 1 atom stereocenters. The lowest BCUT2D eigenvalue weighted by molar-refractivity contribution is 0.0410. The highest BCUT2D eigenvalue weighted by Gasteiger charge is 2.29. The highest BCUT2D eigenvalue weighted by atomic mass is 19.1. The van der Waals surface area contributed by atoms with Crippen LogP contribution < -0.4 is 5.73 Å². The number of hydrogen-bond acceptors (Lipinski definition) is 5. The van der Waals surface area contributed by atoms with Gasteiger partial charge in [-0.3, -0.25) is 0 Å². The first-order chi connectivity index (χ1) is 9.79. The summed E-state index contributed by atoms with van der Waals surface area (Å²) in [5.74, 6) is -0.000525. The molecule has 1 unspecified atom stereocenters. The highest BCUT2D eigenvalue weighted by Crippen LogP contribution is 2.25. The van der Waals surface area contributed by atoms with E-state index >= 15 is 0 Å².